The van der Waals surface area contributed by atoms with Crippen LogP contribution >= 0.6 is 0 Å². The highest BCUT2D eigenvalue weighted by atomic mass is 16.7. The monoisotopic (exact) mass is 872 g/mol. The largest absolute Gasteiger partial charge is 0.472 e. The Hall–Kier alpha value is -2.26. The minimum absolute atomic E-state index is 0.00993. The van der Waals surface area contributed by atoms with Crippen LogP contribution in [-0.4, -0.2) is 149 Å². The van der Waals surface area contributed by atoms with Crippen molar-refractivity contribution in [2.75, 3.05) is 33.4 Å². The van der Waals surface area contributed by atoms with E-state index in [9.17, 15) is 30.3 Å². The molecule has 3 aliphatic rings. The fourth-order valence-electron chi connectivity index (χ4n) is 9.16. The first-order valence-corrected chi connectivity index (χ1v) is 22.1. The van der Waals surface area contributed by atoms with Crippen LogP contribution < -0.4 is 10.6 Å². The van der Waals surface area contributed by atoms with E-state index in [4.69, 9.17) is 37.7 Å². The average Bonchev–Trinajstić information content (AvgIpc) is 3.73. The minimum atomic E-state index is -1.95. The summed E-state index contributed by atoms with van der Waals surface area (Å²) in [5, 5.41) is 69.9. The molecule has 4 rings (SSSR count). The van der Waals surface area contributed by atoms with Gasteiger partial charge in [-0.2, -0.15) is 0 Å². The van der Waals surface area contributed by atoms with Crippen LogP contribution in [0.5, 0.6) is 0 Å². The van der Waals surface area contributed by atoms with Gasteiger partial charge in [0, 0.05) is 63.0 Å². The number of furan rings is 1. The molecule has 1 aromatic rings. The lowest BCUT2D eigenvalue weighted by molar-refractivity contribution is -0.314. The van der Waals surface area contributed by atoms with Crippen molar-refractivity contribution in [1.29, 1.82) is 0 Å². The van der Waals surface area contributed by atoms with Gasteiger partial charge in [-0.1, -0.05) is 32.9 Å². The molecule has 3 fully saturated rings. The SMILES string of the molecule is CC[C@H]1OC(=O)[C@H](C)[C@@H](O[C@H]2C[C@@](C)(OC)[C@H](O)[C@H](C)O2)[C@H](C)[C@H](O[C@@H]2O[C@H](C)CC[C@@H]2O)[C@](C)(O)C[C@@H](C)C(=NOCCNCCNCc2ccoc2)[C@H](C)[C@H](O)[C@]1(C)O. The molecule has 0 saturated carbocycles. The van der Waals surface area contributed by atoms with Crippen LogP contribution in [0, 0.1) is 23.7 Å². The molecule has 3 saturated heterocycles. The Labute approximate surface area is 362 Å². The molecule has 0 bridgehead atoms. The summed E-state index contributed by atoms with van der Waals surface area (Å²) in [5.74, 6) is -3.98. The lowest BCUT2D eigenvalue weighted by Crippen LogP contribution is -2.60. The number of esters is 1. The highest BCUT2D eigenvalue weighted by molar-refractivity contribution is 5.88. The summed E-state index contributed by atoms with van der Waals surface area (Å²) in [4.78, 5) is 20.2. The van der Waals surface area contributed by atoms with Gasteiger partial charge in [-0.15, -0.1) is 0 Å². The van der Waals surface area contributed by atoms with Crippen molar-refractivity contribution in [3.05, 3.63) is 24.2 Å². The quantitative estimate of drug-likeness (QED) is 0.0763. The normalized spacial score (nSPS) is 42.8. The molecule has 0 radical (unpaired) electrons. The van der Waals surface area contributed by atoms with E-state index in [1.807, 2.05) is 19.9 Å². The fourth-order valence-corrected chi connectivity index (χ4v) is 9.16. The summed E-state index contributed by atoms with van der Waals surface area (Å²) in [7, 11) is 1.50. The van der Waals surface area contributed by atoms with E-state index in [-0.39, 0.29) is 32.0 Å². The molecule has 17 heteroatoms. The Morgan fingerprint density at radius 1 is 0.902 bits per heavy atom. The van der Waals surface area contributed by atoms with Gasteiger partial charge in [0.1, 0.15) is 30.5 Å². The third kappa shape index (κ3) is 13.2. The topological polar surface area (TPSA) is 232 Å². The van der Waals surface area contributed by atoms with Gasteiger partial charge < -0.3 is 73.8 Å². The van der Waals surface area contributed by atoms with Gasteiger partial charge >= 0.3 is 5.97 Å². The second-order valence-corrected chi connectivity index (χ2v) is 18.4. The maximum absolute atomic E-state index is 14.3. The van der Waals surface area contributed by atoms with Crippen molar-refractivity contribution < 1.29 is 68.0 Å². The van der Waals surface area contributed by atoms with Gasteiger partial charge in [0.05, 0.1) is 65.9 Å². The summed E-state index contributed by atoms with van der Waals surface area (Å²) >= 11 is 0. The number of aliphatic hydroxyl groups is 5. The molecule has 352 valence electrons. The van der Waals surface area contributed by atoms with E-state index < -0.39 is 102 Å². The van der Waals surface area contributed by atoms with Gasteiger partial charge in [0.2, 0.25) is 0 Å². The van der Waals surface area contributed by atoms with Crippen molar-refractivity contribution in [2.24, 2.45) is 28.8 Å². The fraction of sp³-hybridized carbons (Fsp3) is 0.864. The lowest BCUT2D eigenvalue weighted by Gasteiger charge is -2.48. The molecular weight excluding hydrogens is 794 g/mol. The third-order valence-corrected chi connectivity index (χ3v) is 13.1. The third-order valence-electron chi connectivity index (χ3n) is 13.1. The number of oxime groups is 1. The van der Waals surface area contributed by atoms with Crippen LogP contribution in [-0.2, 0) is 44.6 Å². The zero-order valence-corrected chi connectivity index (χ0v) is 38.2. The van der Waals surface area contributed by atoms with Crippen molar-refractivity contribution in [1.82, 2.24) is 10.6 Å². The van der Waals surface area contributed by atoms with Gasteiger partial charge in [0.15, 0.2) is 12.6 Å². The summed E-state index contributed by atoms with van der Waals surface area (Å²) in [6.07, 6.45) is -5.16. The molecule has 0 unspecified atom stereocenters. The highest BCUT2D eigenvalue weighted by Gasteiger charge is 2.53. The van der Waals surface area contributed by atoms with Crippen molar-refractivity contribution in [2.45, 2.75) is 186 Å². The van der Waals surface area contributed by atoms with Crippen LogP contribution in [0.2, 0.25) is 0 Å². The Morgan fingerprint density at radius 2 is 1.61 bits per heavy atom. The second kappa shape index (κ2) is 22.6. The van der Waals surface area contributed by atoms with Crippen LogP contribution in [0.1, 0.15) is 107 Å². The number of nitrogens with one attached hydrogen (secondary N) is 2. The van der Waals surface area contributed by atoms with Gasteiger partial charge in [-0.05, 0) is 73.3 Å². The molecule has 7 N–H and O–H groups in total. The Balaban J connectivity index is 1.69. The predicted octanol–water partition coefficient (Wildman–Crippen LogP) is 3.02. The van der Waals surface area contributed by atoms with Crippen molar-refractivity contribution >= 4 is 11.7 Å². The molecule has 0 aromatic carbocycles. The number of nitrogens with zero attached hydrogens (tertiary/aromatic N) is 1. The molecule has 0 spiro atoms. The number of aliphatic hydroxyl groups excluding tert-OH is 3. The molecule has 4 heterocycles. The van der Waals surface area contributed by atoms with Crippen molar-refractivity contribution in [3.8, 4) is 0 Å². The molecule has 17 atom stereocenters. The molecule has 3 aliphatic heterocycles. The van der Waals surface area contributed by atoms with Gasteiger partial charge in [-0.3, -0.25) is 4.79 Å². The van der Waals surface area contributed by atoms with Crippen molar-refractivity contribution in [3.63, 3.8) is 0 Å². The average molecular weight is 872 g/mol. The van der Waals surface area contributed by atoms with E-state index in [1.165, 1.54) is 14.0 Å². The van der Waals surface area contributed by atoms with E-state index >= 15 is 0 Å². The number of carbonyl (C=O) groups is 1. The Morgan fingerprint density at radius 3 is 2.26 bits per heavy atom. The zero-order chi connectivity index (χ0) is 45.3. The Bertz CT molecular complexity index is 1500. The number of carbonyl (C=O) groups excluding carboxylic acids is 1. The smallest absolute Gasteiger partial charge is 0.311 e. The Kier molecular flexibility index (Phi) is 19.0. The highest BCUT2D eigenvalue weighted by Crippen LogP contribution is 2.41. The summed E-state index contributed by atoms with van der Waals surface area (Å²) in [5.41, 5.74) is -3.29. The summed E-state index contributed by atoms with van der Waals surface area (Å²) in [6, 6.07) is 1.90. The molecule has 0 amide bonds. The molecule has 17 nitrogen and oxygen atoms in total. The summed E-state index contributed by atoms with van der Waals surface area (Å²) < 4.78 is 42.5. The van der Waals surface area contributed by atoms with Crippen LogP contribution in [0.4, 0.5) is 0 Å². The zero-order valence-electron chi connectivity index (χ0n) is 38.2. The first kappa shape index (κ1) is 51.4. The standard InChI is InChI=1S/C44H77N3O14/c1-12-33-44(10,53)37(49)27(4)35(47-56-20-18-45-16-17-46-23-31-15-19-55-24-31)25(2)21-42(8,52)39(61-41-32(48)14-13-26(3)57-41)28(5)36(29(6)40(51)59-33)60-34-22-43(9,54-11)38(50)30(7)58-34/h15,19,24-30,32-34,36-39,41,45-46,48-50,52-53H,12-14,16-18,20-23H2,1-11H3/t25-,26-,27+,28+,29-,30+,32+,33-,34+,36+,37+,38-,39+,41+,42-,43-,44-/m1/s1. The van der Waals surface area contributed by atoms with Gasteiger partial charge in [-0.25, -0.2) is 0 Å². The predicted molar refractivity (Wildman–Crippen MR) is 225 cm³/mol. The van der Waals surface area contributed by atoms with E-state index in [0.717, 1.165) is 5.56 Å². The summed E-state index contributed by atoms with van der Waals surface area (Å²) in [6.45, 7) is 19.9. The minimum Gasteiger partial charge on any atom is -0.472 e. The lowest BCUT2D eigenvalue weighted by atomic mass is 9.73. The molecule has 61 heavy (non-hydrogen) atoms. The molecule has 1 aromatic heterocycles. The maximum atomic E-state index is 14.3. The number of hydrogen-bond donors (Lipinski definition) is 7. The van der Waals surface area contributed by atoms with Gasteiger partial charge in [0.25, 0.3) is 0 Å². The van der Waals surface area contributed by atoms with Crippen LogP contribution in [0.3, 0.4) is 0 Å². The van der Waals surface area contributed by atoms with Crippen LogP contribution in [0.25, 0.3) is 0 Å². The number of ether oxygens (including phenoxy) is 6. The number of cyclic esters (lactones) is 1. The molecular formula is C44H77N3O14. The second-order valence-electron chi connectivity index (χ2n) is 18.4. The van der Waals surface area contributed by atoms with E-state index in [2.05, 4.69) is 15.8 Å². The first-order valence-electron chi connectivity index (χ1n) is 22.1. The number of rotatable bonds is 15. The van der Waals surface area contributed by atoms with E-state index in [1.54, 1.807) is 61.0 Å². The number of methoxy groups -OCH3 is 1. The molecule has 0 aliphatic carbocycles. The van der Waals surface area contributed by atoms with Crippen LogP contribution in [0.15, 0.2) is 28.2 Å². The number of hydrogen-bond acceptors (Lipinski definition) is 17. The van der Waals surface area contributed by atoms with E-state index in [0.29, 0.717) is 44.7 Å². The maximum Gasteiger partial charge on any atom is 0.311 e. The first-order chi connectivity index (χ1) is 28.7.